The minimum absolute atomic E-state index is 0.218. The van der Waals surface area contributed by atoms with Crippen molar-refractivity contribution in [1.29, 1.82) is 0 Å². The predicted octanol–water partition coefficient (Wildman–Crippen LogP) is 0.246. The number of rotatable bonds is 6. The van der Waals surface area contributed by atoms with E-state index in [4.69, 9.17) is 4.74 Å². The van der Waals surface area contributed by atoms with Crippen LogP contribution >= 0.6 is 0 Å². The molecular weight excluding hydrogens is 330 g/mol. The fourth-order valence-corrected chi connectivity index (χ4v) is 4.52. The lowest BCUT2D eigenvalue weighted by molar-refractivity contribution is 0.0359. The van der Waals surface area contributed by atoms with Crippen molar-refractivity contribution in [3.8, 4) is 0 Å². The number of β-amino-alcohol motifs (C(OH)–C–C–N with tert-alkyl or cyclic N) is 1. The van der Waals surface area contributed by atoms with Crippen LogP contribution in [0, 0.1) is 0 Å². The van der Waals surface area contributed by atoms with Gasteiger partial charge in [0.15, 0.2) is 0 Å². The van der Waals surface area contributed by atoms with E-state index in [2.05, 4.69) is 30.7 Å². The molecule has 0 saturated carbocycles. The van der Waals surface area contributed by atoms with Crippen LogP contribution in [0.4, 0.5) is 0 Å². The first-order chi connectivity index (χ1) is 12.8. The molecule has 0 unspecified atom stereocenters. The Kier molecular flexibility index (Phi) is 6.22. The number of aliphatic hydroxyl groups is 1. The second kappa shape index (κ2) is 8.80. The molecule has 7 heteroatoms. The Morgan fingerprint density at radius 2 is 1.81 bits per heavy atom. The highest BCUT2D eigenvalue weighted by molar-refractivity contribution is 5.05. The van der Waals surface area contributed by atoms with Crippen LogP contribution in [-0.2, 0) is 17.8 Å². The molecule has 1 aromatic heterocycles. The van der Waals surface area contributed by atoms with Crippen LogP contribution in [0.25, 0.3) is 0 Å². The van der Waals surface area contributed by atoms with Gasteiger partial charge in [-0.2, -0.15) is 5.10 Å². The maximum atomic E-state index is 10.5. The Bertz CT molecular complexity index is 554. The molecule has 146 valence electrons. The van der Waals surface area contributed by atoms with Gasteiger partial charge in [0.25, 0.3) is 0 Å². The van der Waals surface area contributed by atoms with Gasteiger partial charge in [0.05, 0.1) is 32.1 Å². The summed E-state index contributed by atoms with van der Waals surface area (Å²) < 4.78 is 7.45. The summed E-state index contributed by atoms with van der Waals surface area (Å²) in [4.78, 5) is 7.32. The Labute approximate surface area is 156 Å². The van der Waals surface area contributed by atoms with Crippen molar-refractivity contribution in [2.24, 2.45) is 0 Å². The largest absolute Gasteiger partial charge is 0.390 e. The zero-order chi connectivity index (χ0) is 17.8. The summed E-state index contributed by atoms with van der Waals surface area (Å²) in [6.45, 7) is 10.6. The number of nitrogens with zero attached hydrogens (tertiary/aromatic N) is 5. The van der Waals surface area contributed by atoms with Crippen LogP contribution in [0.5, 0.6) is 0 Å². The van der Waals surface area contributed by atoms with Gasteiger partial charge in [-0.25, -0.2) is 0 Å². The third kappa shape index (κ3) is 4.64. The average Bonchev–Trinajstić information content (AvgIpc) is 3.28. The molecule has 0 radical (unpaired) electrons. The minimum Gasteiger partial charge on any atom is -0.390 e. The molecule has 0 spiro atoms. The molecule has 0 bridgehead atoms. The molecule has 3 aliphatic heterocycles. The number of morpholine rings is 1. The van der Waals surface area contributed by atoms with E-state index in [1.165, 1.54) is 24.8 Å². The average molecular weight is 364 g/mol. The molecule has 7 nitrogen and oxygen atoms in total. The van der Waals surface area contributed by atoms with Crippen molar-refractivity contribution in [3.63, 3.8) is 0 Å². The molecule has 1 aromatic rings. The molecular formula is C19H33N5O2. The molecule has 26 heavy (non-hydrogen) atoms. The van der Waals surface area contributed by atoms with Crippen LogP contribution in [0.15, 0.2) is 12.4 Å². The summed E-state index contributed by atoms with van der Waals surface area (Å²) >= 11 is 0. The maximum absolute atomic E-state index is 10.5. The fraction of sp³-hybridized carbons (Fsp3) is 0.842. The first kappa shape index (κ1) is 18.4. The van der Waals surface area contributed by atoms with E-state index in [0.29, 0.717) is 6.04 Å². The number of likely N-dealkylation sites (tertiary alicyclic amines) is 2. The normalized spacial score (nSPS) is 29.4. The standard InChI is InChI=1S/C19H33N5O2/c25-19-16-22(15-18(19)23-4-2-1-3-5-23)13-17-12-20-24(14-17)7-6-21-8-10-26-11-9-21/h12,14,18-19,25H,1-11,13,15-16H2/t18-,19-/m0/s1. The molecule has 1 N–H and O–H groups in total. The number of hydrogen-bond acceptors (Lipinski definition) is 6. The van der Waals surface area contributed by atoms with Crippen LogP contribution in [0.1, 0.15) is 24.8 Å². The van der Waals surface area contributed by atoms with Crippen molar-refractivity contribution in [2.45, 2.75) is 44.5 Å². The summed E-state index contributed by atoms with van der Waals surface area (Å²) in [5.41, 5.74) is 1.25. The van der Waals surface area contributed by atoms with E-state index in [0.717, 1.165) is 72.1 Å². The molecule has 2 atom stereocenters. The first-order valence-corrected chi connectivity index (χ1v) is 10.2. The van der Waals surface area contributed by atoms with Gasteiger partial charge in [-0.1, -0.05) is 6.42 Å². The van der Waals surface area contributed by atoms with Gasteiger partial charge in [-0.3, -0.25) is 19.4 Å². The lowest BCUT2D eigenvalue weighted by Gasteiger charge is -2.33. The Hall–Kier alpha value is -0.990. The second-order valence-electron chi connectivity index (χ2n) is 7.99. The molecule has 3 saturated heterocycles. The van der Waals surface area contributed by atoms with E-state index in [9.17, 15) is 5.11 Å². The molecule has 3 fully saturated rings. The Balaban J connectivity index is 1.24. The second-order valence-corrected chi connectivity index (χ2v) is 7.99. The van der Waals surface area contributed by atoms with Gasteiger partial charge >= 0.3 is 0 Å². The third-order valence-electron chi connectivity index (χ3n) is 6.04. The number of aromatic nitrogens is 2. The SMILES string of the molecule is O[C@H]1CN(Cc2cnn(CCN3CCOCC3)c2)C[C@@H]1N1CCCCC1. The van der Waals surface area contributed by atoms with Crippen LogP contribution < -0.4 is 0 Å². The number of aliphatic hydroxyl groups excluding tert-OH is 1. The summed E-state index contributed by atoms with van der Waals surface area (Å²) in [7, 11) is 0. The minimum atomic E-state index is -0.218. The summed E-state index contributed by atoms with van der Waals surface area (Å²) in [6.07, 6.45) is 7.83. The van der Waals surface area contributed by atoms with Gasteiger partial charge in [0.2, 0.25) is 0 Å². The van der Waals surface area contributed by atoms with Gasteiger partial charge in [0.1, 0.15) is 0 Å². The number of ether oxygens (including phenoxy) is 1. The van der Waals surface area contributed by atoms with Gasteiger partial charge in [-0.05, 0) is 25.9 Å². The van der Waals surface area contributed by atoms with Crippen molar-refractivity contribution in [2.75, 3.05) is 59.0 Å². The molecule has 0 aromatic carbocycles. The van der Waals surface area contributed by atoms with E-state index in [1.807, 2.05) is 6.20 Å². The molecule has 4 rings (SSSR count). The summed E-state index contributed by atoms with van der Waals surface area (Å²) in [6, 6.07) is 0.312. The van der Waals surface area contributed by atoms with Crippen LogP contribution in [0.2, 0.25) is 0 Å². The van der Waals surface area contributed by atoms with E-state index in [1.54, 1.807) is 0 Å². The smallest absolute Gasteiger partial charge is 0.0834 e. The number of hydrogen-bond donors (Lipinski definition) is 1. The monoisotopic (exact) mass is 363 g/mol. The van der Waals surface area contributed by atoms with E-state index in [-0.39, 0.29) is 6.10 Å². The van der Waals surface area contributed by atoms with Gasteiger partial charge in [-0.15, -0.1) is 0 Å². The Morgan fingerprint density at radius 3 is 2.62 bits per heavy atom. The van der Waals surface area contributed by atoms with Crippen LogP contribution in [0.3, 0.4) is 0 Å². The van der Waals surface area contributed by atoms with Crippen molar-refractivity contribution >= 4 is 0 Å². The molecule has 0 amide bonds. The molecule has 0 aliphatic carbocycles. The highest BCUT2D eigenvalue weighted by Gasteiger charge is 2.35. The zero-order valence-electron chi connectivity index (χ0n) is 15.8. The van der Waals surface area contributed by atoms with E-state index >= 15 is 0 Å². The lowest BCUT2D eigenvalue weighted by Crippen LogP contribution is -2.45. The summed E-state index contributed by atoms with van der Waals surface area (Å²) in [5.74, 6) is 0. The van der Waals surface area contributed by atoms with Gasteiger partial charge in [0, 0.05) is 57.1 Å². The lowest BCUT2D eigenvalue weighted by atomic mass is 10.1. The van der Waals surface area contributed by atoms with Crippen molar-refractivity contribution in [1.82, 2.24) is 24.5 Å². The highest BCUT2D eigenvalue weighted by atomic mass is 16.5. The van der Waals surface area contributed by atoms with Crippen molar-refractivity contribution < 1.29 is 9.84 Å². The predicted molar refractivity (Wildman–Crippen MR) is 100.0 cm³/mol. The Morgan fingerprint density at radius 1 is 1.00 bits per heavy atom. The third-order valence-corrected chi connectivity index (χ3v) is 6.04. The highest BCUT2D eigenvalue weighted by Crippen LogP contribution is 2.22. The summed E-state index contributed by atoms with van der Waals surface area (Å²) in [5, 5.41) is 15.0. The topological polar surface area (TPSA) is 57.0 Å². The van der Waals surface area contributed by atoms with E-state index < -0.39 is 0 Å². The quantitative estimate of drug-likeness (QED) is 0.782. The fourth-order valence-electron chi connectivity index (χ4n) is 4.52. The van der Waals surface area contributed by atoms with Gasteiger partial charge < -0.3 is 9.84 Å². The van der Waals surface area contributed by atoms with Crippen molar-refractivity contribution in [3.05, 3.63) is 18.0 Å². The maximum Gasteiger partial charge on any atom is 0.0834 e. The first-order valence-electron chi connectivity index (χ1n) is 10.2. The zero-order valence-corrected chi connectivity index (χ0v) is 15.8. The molecule has 4 heterocycles. The number of piperidine rings is 1. The van der Waals surface area contributed by atoms with Crippen LogP contribution in [-0.4, -0.2) is 101 Å². The molecule has 3 aliphatic rings.